The Morgan fingerprint density at radius 2 is 2.19 bits per heavy atom. The van der Waals surface area contributed by atoms with Gasteiger partial charge in [0.25, 0.3) is 0 Å². The molecule has 1 aliphatic heterocycles. The normalized spacial score (nSPS) is 23.4. The highest BCUT2D eigenvalue weighted by atomic mass is 16.3. The lowest BCUT2D eigenvalue weighted by atomic mass is 10.0. The van der Waals surface area contributed by atoms with E-state index < -0.39 is 0 Å². The second-order valence-corrected chi connectivity index (χ2v) is 6.41. The van der Waals surface area contributed by atoms with E-state index in [-0.39, 0.29) is 6.10 Å². The summed E-state index contributed by atoms with van der Waals surface area (Å²) in [4.78, 5) is 11.7. The zero-order valence-corrected chi connectivity index (χ0v) is 13.0. The summed E-state index contributed by atoms with van der Waals surface area (Å²) in [6, 6.07) is 2.06. The molecule has 1 saturated heterocycles. The fraction of sp³-hybridized carbons (Fsp3) is 0.750. The molecule has 2 aliphatic rings. The zero-order valence-electron chi connectivity index (χ0n) is 13.0. The number of nitrogens with zero attached hydrogens (tertiary/aromatic N) is 3. The number of anilines is 2. The van der Waals surface area contributed by atoms with Crippen LogP contribution in [-0.4, -0.2) is 40.8 Å². The number of hydrogen-bond acceptors (Lipinski definition) is 5. The van der Waals surface area contributed by atoms with Gasteiger partial charge >= 0.3 is 0 Å². The molecule has 2 heterocycles. The molecule has 21 heavy (non-hydrogen) atoms. The lowest BCUT2D eigenvalue weighted by Crippen LogP contribution is -2.25. The van der Waals surface area contributed by atoms with Crippen molar-refractivity contribution < 1.29 is 5.11 Å². The molecule has 2 atom stereocenters. The van der Waals surface area contributed by atoms with Crippen LogP contribution in [-0.2, 0) is 0 Å². The van der Waals surface area contributed by atoms with E-state index in [2.05, 4.69) is 28.2 Å². The van der Waals surface area contributed by atoms with Gasteiger partial charge in [-0.15, -0.1) is 0 Å². The Morgan fingerprint density at radius 1 is 1.38 bits per heavy atom. The molecule has 3 rings (SSSR count). The molecule has 2 unspecified atom stereocenters. The molecule has 0 aromatic carbocycles. The van der Waals surface area contributed by atoms with Gasteiger partial charge in [0.2, 0.25) is 0 Å². The number of aliphatic hydroxyl groups is 1. The molecule has 1 aromatic rings. The lowest BCUT2D eigenvalue weighted by molar-refractivity contribution is 0.136. The summed E-state index contributed by atoms with van der Waals surface area (Å²) in [5, 5.41) is 13.2. The molecular weight excluding hydrogens is 264 g/mol. The monoisotopic (exact) mass is 290 g/mol. The molecule has 2 N–H and O–H groups in total. The van der Waals surface area contributed by atoms with Gasteiger partial charge in [0.1, 0.15) is 17.5 Å². The van der Waals surface area contributed by atoms with Crippen LogP contribution in [0.1, 0.15) is 51.3 Å². The molecule has 116 valence electrons. The van der Waals surface area contributed by atoms with Crippen molar-refractivity contribution in [2.75, 3.05) is 29.9 Å². The largest absolute Gasteiger partial charge is 0.393 e. The summed E-state index contributed by atoms with van der Waals surface area (Å²) in [5.41, 5.74) is 0. The third-order valence-corrected chi connectivity index (χ3v) is 4.46. The number of rotatable bonds is 6. The van der Waals surface area contributed by atoms with E-state index in [1.54, 1.807) is 0 Å². The minimum atomic E-state index is -0.238. The topological polar surface area (TPSA) is 61.3 Å². The maximum absolute atomic E-state index is 9.77. The van der Waals surface area contributed by atoms with Crippen LogP contribution in [0.3, 0.4) is 0 Å². The van der Waals surface area contributed by atoms with Gasteiger partial charge in [0.15, 0.2) is 0 Å². The smallest absolute Gasteiger partial charge is 0.136 e. The van der Waals surface area contributed by atoms with E-state index in [0.29, 0.717) is 11.8 Å². The summed E-state index contributed by atoms with van der Waals surface area (Å²) in [7, 11) is 0. The maximum Gasteiger partial charge on any atom is 0.136 e. The Kier molecular flexibility index (Phi) is 4.29. The molecule has 1 aliphatic carbocycles. The second-order valence-electron chi connectivity index (χ2n) is 6.41. The van der Waals surface area contributed by atoms with Crippen molar-refractivity contribution in [1.82, 2.24) is 9.97 Å². The lowest BCUT2D eigenvalue weighted by Gasteiger charge is -2.20. The Hall–Kier alpha value is -1.36. The van der Waals surface area contributed by atoms with Crippen LogP contribution < -0.4 is 10.2 Å². The fourth-order valence-electron chi connectivity index (χ4n) is 2.87. The molecule has 1 aromatic heterocycles. The van der Waals surface area contributed by atoms with Gasteiger partial charge < -0.3 is 15.3 Å². The molecule has 0 bridgehead atoms. The van der Waals surface area contributed by atoms with E-state index in [4.69, 9.17) is 4.98 Å². The van der Waals surface area contributed by atoms with Crippen LogP contribution >= 0.6 is 0 Å². The molecule has 1 saturated carbocycles. The van der Waals surface area contributed by atoms with Crippen molar-refractivity contribution in [2.45, 2.75) is 51.6 Å². The Morgan fingerprint density at radius 3 is 2.81 bits per heavy atom. The number of aromatic nitrogens is 2. The van der Waals surface area contributed by atoms with Gasteiger partial charge in [0.05, 0.1) is 6.10 Å². The van der Waals surface area contributed by atoms with Gasteiger partial charge in [-0.25, -0.2) is 9.97 Å². The molecule has 5 heteroatoms. The third kappa shape index (κ3) is 3.46. The predicted molar refractivity (Wildman–Crippen MR) is 84.8 cm³/mol. The van der Waals surface area contributed by atoms with Gasteiger partial charge in [0, 0.05) is 37.5 Å². The van der Waals surface area contributed by atoms with E-state index >= 15 is 0 Å². The maximum atomic E-state index is 9.77. The molecule has 2 fully saturated rings. The molecule has 0 amide bonds. The van der Waals surface area contributed by atoms with E-state index in [1.807, 2.05) is 6.92 Å². The summed E-state index contributed by atoms with van der Waals surface area (Å²) < 4.78 is 0. The Labute approximate surface area is 126 Å². The minimum absolute atomic E-state index is 0.238. The van der Waals surface area contributed by atoms with Crippen LogP contribution in [0.2, 0.25) is 0 Å². The van der Waals surface area contributed by atoms with Crippen LogP contribution in [0, 0.1) is 5.92 Å². The fourth-order valence-corrected chi connectivity index (χ4v) is 2.87. The van der Waals surface area contributed by atoms with Crippen LogP contribution in [0.5, 0.6) is 0 Å². The average molecular weight is 290 g/mol. The van der Waals surface area contributed by atoms with Gasteiger partial charge in [-0.2, -0.15) is 0 Å². The van der Waals surface area contributed by atoms with E-state index in [0.717, 1.165) is 49.9 Å². The van der Waals surface area contributed by atoms with Gasteiger partial charge in [-0.1, -0.05) is 6.92 Å². The first-order valence-electron chi connectivity index (χ1n) is 8.23. The second kappa shape index (κ2) is 6.18. The average Bonchev–Trinajstić information content (AvgIpc) is 3.21. The number of aliphatic hydroxyl groups excluding tert-OH is 1. The first kappa shape index (κ1) is 14.6. The number of hydrogen-bond donors (Lipinski definition) is 2. The van der Waals surface area contributed by atoms with Crippen molar-refractivity contribution in [3.8, 4) is 0 Å². The van der Waals surface area contributed by atoms with Crippen molar-refractivity contribution in [1.29, 1.82) is 0 Å². The first-order valence-corrected chi connectivity index (χ1v) is 8.23. The van der Waals surface area contributed by atoms with Gasteiger partial charge in [-0.3, -0.25) is 0 Å². The summed E-state index contributed by atoms with van der Waals surface area (Å²) in [6.07, 6.45) is 4.32. The Balaban J connectivity index is 1.78. The van der Waals surface area contributed by atoms with E-state index in [1.165, 1.54) is 12.8 Å². The highest BCUT2D eigenvalue weighted by Crippen LogP contribution is 2.39. The highest BCUT2D eigenvalue weighted by Gasteiger charge is 2.30. The molecular formula is C16H26N4O. The number of nitrogens with one attached hydrogen (secondary N) is 1. The predicted octanol–water partition coefficient (Wildman–Crippen LogP) is 2.38. The zero-order chi connectivity index (χ0) is 14.8. The van der Waals surface area contributed by atoms with Crippen molar-refractivity contribution >= 4 is 11.6 Å². The summed E-state index contributed by atoms with van der Waals surface area (Å²) in [6.45, 7) is 6.86. The van der Waals surface area contributed by atoms with E-state index in [9.17, 15) is 5.11 Å². The molecule has 0 radical (unpaired) electrons. The highest BCUT2D eigenvalue weighted by molar-refractivity contribution is 5.50. The summed E-state index contributed by atoms with van der Waals surface area (Å²) >= 11 is 0. The quantitative estimate of drug-likeness (QED) is 0.842. The van der Waals surface area contributed by atoms with Crippen molar-refractivity contribution in [3.63, 3.8) is 0 Å². The standard InChI is InChI=1S/C16H26N4O/c1-3-7-17-14-9-15(19-16(18-14)12-4-5-12)20-8-6-13(10-20)11(2)21/h9,11-13,21H,3-8,10H2,1-2H3,(H,17,18,19). The first-order chi connectivity index (χ1) is 10.2. The summed E-state index contributed by atoms with van der Waals surface area (Å²) in [5.74, 6) is 3.88. The Bertz CT molecular complexity index is 487. The van der Waals surface area contributed by atoms with Crippen LogP contribution in [0.4, 0.5) is 11.6 Å². The third-order valence-electron chi connectivity index (χ3n) is 4.46. The van der Waals surface area contributed by atoms with Crippen LogP contribution in [0.25, 0.3) is 0 Å². The van der Waals surface area contributed by atoms with Crippen LogP contribution in [0.15, 0.2) is 6.07 Å². The van der Waals surface area contributed by atoms with Crippen molar-refractivity contribution in [3.05, 3.63) is 11.9 Å². The van der Waals surface area contributed by atoms with Crippen molar-refractivity contribution in [2.24, 2.45) is 5.92 Å². The molecule has 5 nitrogen and oxygen atoms in total. The van der Waals surface area contributed by atoms with Gasteiger partial charge in [-0.05, 0) is 32.6 Å². The SMILES string of the molecule is CCCNc1cc(N2CCC(C(C)O)C2)nc(C2CC2)n1. The molecule has 0 spiro atoms. The minimum Gasteiger partial charge on any atom is -0.393 e.